The van der Waals surface area contributed by atoms with Crippen molar-refractivity contribution < 1.29 is 14.4 Å². The van der Waals surface area contributed by atoms with Crippen LogP contribution >= 0.6 is 11.8 Å². The number of rotatable bonds is 5. The minimum absolute atomic E-state index is 0.0656. The Bertz CT molecular complexity index is 1010. The molecule has 0 radical (unpaired) electrons. The van der Waals surface area contributed by atoms with Gasteiger partial charge in [0.15, 0.2) is 5.16 Å². The van der Waals surface area contributed by atoms with E-state index in [4.69, 9.17) is 0 Å². The second-order valence-electron chi connectivity index (χ2n) is 8.52. The normalized spacial score (nSPS) is 20.7. The second-order valence-corrected chi connectivity index (χ2v) is 9.47. The fourth-order valence-corrected chi connectivity index (χ4v) is 5.50. The molecule has 1 spiro atoms. The molecule has 1 N–H and O–H groups in total. The predicted molar refractivity (Wildman–Crippen MR) is 115 cm³/mol. The largest absolute Gasteiger partial charge is 0.318 e. The third kappa shape index (κ3) is 3.75. The molecule has 1 aromatic carbocycles. The van der Waals surface area contributed by atoms with E-state index in [1.165, 1.54) is 16.7 Å². The number of piperazine rings is 1. The summed E-state index contributed by atoms with van der Waals surface area (Å²) in [4.78, 5) is 39.6. The fraction of sp³-hybridized carbons (Fsp3) is 0.500. The molecule has 1 aromatic heterocycles. The number of hydrogen-bond acceptors (Lipinski definition) is 6. The molecule has 0 atom stereocenters. The number of thioether (sulfide) groups is 1. The summed E-state index contributed by atoms with van der Waals surface area (Å²) < 4.78 is 2.03. The maximum atomic E-state index is 13.3. The lowest BCUT2D eigenvalue weighted by Crippen LogP contribution is -2.69. The van der Waals surface area contributed by atoms with Crippen molar-refractivity contribution in [2.75, 3.05) is 12.3 Å². The molecule has 0 bridgehead atoms. The number of carbonyl (C=O) groups is 3. The molecule has 2 saturated carbocycles. The van der Waals surface area contributed by atoms with Gasteiger partial charge in [0.05, 0.1) is 5.75 Å². The average molecular weight is 440 g/mol. The standard InChI is InChI=1S/C22H25N5O3S/c28-17-13-26(22(20(30)23-17)11-5-2-6-12-22)18(29)14-31-21-25-24-19(15-9-10-15)27(21)16-7-3-1-4-8-16/h1,3-4,7-8,15H,2,5-6,9-14H2,(H,23,28,30). The second kappa shape index (κ2) is 8.11. The molecule has 9 heteroatoms. The van der Waals surface area contributed by atoms with Gasteiger partial charge in [0, 0.05) is 11.6 Å². The molecule has 3 fully saturated rings. The molecule has 5 rings (SSSR count). The molecule has 1 saturated heterocycles. The number of carbonyl (C=O) groups excluding carboxylic acids is 3. The molecule has 2 aliphatic carbocycles. The Morgan fingerprint density at radius 1 is 1.10 bits per heavy atom. The Kier molecular flexibility index (Phi) is 5.29. The molecular formula is C22H25N5O3S. The third-order valence-electron chi connectivity index (χ3n) is 6.42. The maximum absolute atomic E-state index is 13.3. The number of nitrogens with zero attached hydrogens (tertiary/aromatic N) is 4. The summed E-state index contributed by atoms with van der Waals surface area (Å²) in [6.07, 6.45) is 6.22. The Hall–Kier alpha value is -2.68. The van der Waals surface area contributed by atoms with E-state index >= 15 is 0 Å². The number of para-hydroxylation sites is 1. The number of amides is 3. The summed E-state index contributed by atoms with van der Waals surface area (Å²) in [6, 6.07) is 9.91. The highest BCUT2D eigenvalue weighted by molar-refractivity contribution is 7.99. The molecule has 2 aromatic rings. The van der Waals surface area contributed by atoms with Gasteiger partial charge in [0.1, 0.15) is 17.9 Å². The highest BCUT2D eigenvalue weighted by Crippen LogP contribution is 2.41. The van der Waals surface area contributed by atoms with Crippen LogP contribution in [0.25, 0.3) is 5.69 Å². The first-order valence-corrected chi connectivity index (χ1v) is 11.9. The zero-order valence-electron chi connectivity index (χ0n) is 17.2. The van der Waals surface area contributed by atoms with Gasteiger partial charge in [0.25, 0.3) is 5.91 Å². The molecule has 162 valence electrons. The van der Waals surface area contributed by atoms with Crippen LogP contribution < -0.4 is 5.32 Å². The van der Waals surface area contributed by atoms with Crippen molar-refractivity contribution in [3.63, 3.8) is 0 Å². The van der Waals surface area contributed by atoms with Crippen molar-refractivity contribution in [1.29, 1.82) is 0 Å². The summed E-state index contributed by atoms with van der Waals surface area (Å²) in [6.45, 7) is -0.0656. The van der Waals surface area contributed by atoms with Gasteiger partial charge in [0.2, 0.25) is 11.8 Å². The predicted octanol–water partition coefficient (Wildman–Crippen LogP) is 2.42. The molecular weight excluding hydrogens is 414 g/mol. The number of aromatic nitrogens is 3. The Morgan fingerprint density at radius 3 is 2.55 bits per heavy atom. The van der Waals surface area contributed by atoms with Crippen molar-refractivity contribution in [3.8, 4) is 5.69 Å². The van der Waals surface area contributed by atoms with Gasteiger partial charge in [-0.25, -0.2) is 0 Å². The first-order chi connectivity index (χ1) is 15.1. The van der Waals surface area contributed by atoms with E-state index in [2.05, 4.69) is 15.5 Å². The van der Waals surface area contributed by atoms with Crippen molar-refractivity contribution in [1.82, 2.24) is 25.0 Å². The minimum Gasteiger partial charge on any atom is -0.318 e. The Morgan fingerprint density at radius 2 is 1.84 bits per heavy atom. The van der Waals surface area contributed by atoms with Crippen LogP contribution in [-0.4, -0.2) is 55.2 Å². The smallest absolute Gasteiger partial charge is 0.252 e. The van der Waals surface area contributed by atoms with Crippen molar-refractivity contribution in [3.05, 3.63) is 36.2 Å². The van der Waals surface area contributed by atoms with Crippen LogP contribution in [0.2, 0.25) is 0 Å². The Labute approximate surface area is 184 Å². The topological polar surface area (TPSA) is 97.2 Å². The number of nitrogens with one attached hydrogen (secondary N) is 1. The minimum atomic E-state index is -0.893. The third-order valence-corrected chi connectivity index (χ3v) is 7.33. The van der Waals surface area contributed by atoms with Gasteiger partial charge >= 0.3 is 0 Å². The van der Waals surface area contributed by atoms with E-state index in [0.29, 0.717) is 23.9 Å². The number of hydrogen-bond donors (Lipinski definition) is 1. The highest BCUT2D eigenvalue weighted by Gasteiger charge is 2.50. The molecule has 0 unspecified atom stereocenters. The Balaban J connectivity index is 1.38. The van der Waals surface area contributed by atoms with Crippen LogP contribution in [-0.2, 0) is 14.4 Å². The lowest BCUT2D eigenvalue weighted by molar-refractivity contribution is -0.158. The van der Waals surface area contributed by atoms with Crippen LogP contribution in [0.3, 0.4) is 0 Å². The van der Waals surface area contributed by atoms with E-state index in [-0.39, 0.29) is 24.1 Å². The monoisotopic (exact) mass is 439 g/mol. The molecule has 3 aliphatic rings. The summed E-state index contributed by atoms with van der Waals surface area (Å²) >= 11 is 1.31. The van der Waals surface area contributed by atoms with E-state index < -0.39 is 11.4 Å². The fourth-order valence-electron chi connectivity index (χ4n) is 4.67. The van der Waals surface area contributed by atoms with Gasteiger partial charge < -0.3 is 4.90 Å². The molecule has 31 heavy (non-hydrogen) atoms. The lowest BCUT2D eigenvalue weighted by Gasteiger charge is -2.47. The van der Waals surface area contributed by atoms with E-state index in [9.17, 15) is 14.4 Å². The van der Waals surface area contributed by atoms with Gasteiger partial charge in [-0.1, -0.05) is 49.2 Å². The summed E-state index contributed by atoms with van der Waals surface area (Å²) in [5.41, 5.74) is 0.0800. The maximum Gasteiger partial charge on any atom is 0.252 e. The molecule has 8 nitrogen and oxygen atoms in total. The SMILES string of the molecule is O=C1CN(C(=O)CSc2nnc(C3CC3)n2-c2ccccc2)C2(CCCCC2)C(=O)N1. The van der Waals surface area contributed by atoms with E-state index in [1.54, 1.807) is 0 Å². The molecule has 3 amide bonds. The first kappa shape index (κ1) is 20.2. The van der Waals surface area contributed by atoms with E-state index in [1.807, 2.05) is 34.9 Å². The van der Waals surface area contributed by atoms with Gasteiger partial charge in [-0.05, 0) is 37.8 Å². The van der Waals surface area contributed by atoms with Crippen LogP contribution in [0.15, 0.2) is 35.5 Å². The van der Waals surface area contributed by atoms with Gasteiger partial charge in [-0.15, -0.1) is 10.2 Å². The molecule has 2 heterocycles. The van der Waals surface area contributed by atoms with Crippen molar-refractivity contribution in [2.45, 2.75) is 61.6 Å². The number of benzene rings is 1. The summed E-state index contributed by atoms with van der Waals surface area (Å²) in [5, 5.41) is 11.9. The van der Waals surface area contributed by atoms with Gasteiger partial charge in [-0.3, -0.25) is 24.3 Å². The van der Waals surface area contributed by atoms with Gasteiger partial charge in [-0.2, -0.15) is 0 Å². The molecule has 1 aliphatic heterocycles. The van der Waals surface area contributed by atoms with Crippen LogP contribution in [0.5, 0.6) is 0 Å². The zero-order valence-corrected chi connectivity index (χ0v) is 18.1. The van der Waals surface area contributed by atoms with Crippen molar-refractivity contribution in [2.24, 2.45) is 0 Å². The quantitative estimate of drug-likeness (QED) is 0.568. The lowest BCUT2D eigenvalue weighted by atomic mass is 9.78. The van der Waals surface area contributed by atoms with Crippen LogP contribution in [0, 0.1) is 0 Å². The summed E-state index contributed by atoms with van der Waals surface area (Å²) in [7, 11) is 0. The zero-order chi connectivity index (χ0) is 21.4. The highest BCUT2D eigenvalue weighted by atomic mass is 32.2. The average Bonchev–Trinajstić information content (AvgIpc) is 3.55. The summed E-state index contributed by atoms with van der Waals surface area (Å²) in [5.74, 6) is 0.501. The number of imide groups is 1. The van der Waals surface area contributed by atoms with E-state index in [0.717, 1.165) is 43.6 Å². The first-order valence-electron chi connectivity index (χ1n) is 10.9. The van der Waals surface area contributed by atoms with Crippen LogP contribution in [0.4, 0.5) is 0 Å². The van der Waals surface area contributed by atoms with Crippen LogP contribution in [0.1, 0.15) is 56.7 Å². The van der Waals surface area contributed by atoms with Crippen molar-refractivity contribution >= 4 is 29.5 Å².